The fourth-order valence-electron chi connectivity index (χ4n) is 4.38. The first-order valence-corrected chi connectivity index (χ1v) is 10.3. The smallest absolute Gasteiger partial charge is 0.273 e. The van der Waals surface area contributed by atoms with E-state index < -0.39 is 0 Å². The van der Waals surface area contributed by atoms with Crippen molar-refractivity contribution in [1.29, 1.82) is 0 Å². The number of methoxy groups -OCH3 is 1. The molecule has 0 aliphatic carbocycles. The van der Waals surface area contributed by atoms with Crippen LogP contribution < -0.4 is 0 Å². The summed E-state index contributed by atoms with van der Waals surface area (Å²) in [6, 6.07) is 9.71. The Morgan fingerprint density at radius 1 is 1.14 bits per heavy atom. The van der Waals surface area contributed by atoms with Gasteiger partial charge >= 0.3 is 0 Å². The number of ether oxygens (including phenoxy) is 1. The van der Waals surface area contributed by atoms with Crippen LogP contribution in [0.5, 0.6) is 0 Å². The summed E-state index contributed by atoms with van der Waals surface area (Å²) in [6.45, 7) is 4.86. The third-order valence-electron chi connectivity index (χ3n) is 5.97. The van der Waals surface area contributed by atoms with Crippen LogP contribution in [0.15, 0.2) is 36.5 Å². The highest BCUT2D eigenvalue weighted by molar-refractivity contribution is 6.05. The molecule has 0 spiro atoms. The average Bonchev–Trinajstić information content (AvgIpc) is 2.96. The molecule has 0 bridgehead atoms. The van der Waals surface area contributed by atoms with E-state index in [-0.39, 0.29) is 17.9 Å². The maximum absolute atomic E-state index is 13.2. The summed E-state index contributed by atoms with van der Waals surface area (Å²) in [6.07, 6.45) is 3.41. The average molecular weight is 396 g/mol. The van der Waals surface area contributed by atoms with Gasteiger partial charge in [-0.05, 0) is 24.3 Å². The topological polar surface area (TPSA) is 66.0 Å². The zero-order valence-electron chi connectivity index (χ0n) is 16.9. The molecule has 2 saturated heterocycles. The first kappa shape index (κ1) is 19.8. The minimum atomic E-state index is -0.0717. The molecule has 4 rings (SSSR count). The summed E-state index contributed by atoms with van der Waals surface area (Å²) in [5.74, 6) is 0.167. The van der Waals surface area contributed by atoms with Crippen molar-refractivity contribution in [1.82, 2.24) is 19.7 Å². The molecular formula is C22H28N4O3. The molecule has 0 N–H and O–H groups in total. The van der Waals surface area contributed by atoms with Crippen LogP contribution in [0.1, 0.15) is 23.3 Å². The fraction of sp³-hybridized carbons (Fsp3) is 0.500. The third kappa shape index (κ3) is 4.11. The molecule has 0 saturated carbocycles. The molecule has 2 aliphatic heterocycles. The molecule has 2 aliphatic rings. The SMILES string of the molecule is COCCN1CC[C@H](N2CCCN(C(=O)c3nccc4ccccc34)CC2)C1=O. The molecule has 2 fully saturated rings. The van der Waals surface area contributed by atoms with Gasteiger partial charge < -0.3 is 14.5 Å². The minimum Gasteiger partial charge on any atom is -0.383 e. The number of nitrogens with zero attached hydrogens (tertiary/aromatic N) is 4. The number of amides is 2. The number of pyridine rings is 1. The molecule has 1 aromatic heterocycles. The second-order valence-corrected chi connectivity index (χ2v) is 7.68. The van der Waals surface area contributed by atoms with Crippen molar-refractivity contribution in [3.05, 3.63) is 42.2 Å². The maximum Gasteiger partial charge on any atom is 0.273 e. The lowest BCUT2D eigenvalue weighted by Crippen LogP contribution is -2.44. The lowest BCUT2D eigenvalue weighted by atomic mass is 10.1. The summed E-state index contributed by atoms with van der Waals surface area (Å²) in [5, 5.41) is 1.91. The van der Waals surface area contributed by atoms with Gasteiger partial charge in [0.2, 0.25) is 5.91 Å². The second-order valence-electron chi connectivity index (χ2n) is 7.68. The Balaban J connectivity index is 1.43. The van der Waals surface area contributed by atoms with E-state index in [9.17, 15) is 9.59 Å². The zero-order chi connectivity index (χ0) is 20.2. The molecule has 3 heterocycles. The number of hydrogen-bond acceptors (Lipinski definition) is 5. The Hall–Kier alpha value is -2.51. The van der Waals surface area contributed by atoms with Gasteiger partial charge in [0.05, 0.1) is 12.6 Å². The quantitative estimate of drug-likeness (QED) is 0.769. The van der Waals surface area contributed by atoms with Gasteiger partial charge in [0.15, 0.2) is 0 Å². The number of fused-ring (bicyclic) bond motifs is 1. The van der Waals surface area contributed by atoms with Gasteiger partial charge in [-0.15, -0.1) is 0 Å². The Morgan fingerprint density at radius 3 is 2.86 bits per heavy atom. The molecular weight excluding hydrogens is 368 g/mol. The molecule has 0 unspecified atom stereocenters. The molecule has 7 nitrogen and oxygen atoms in total. The predicted octanol–water partition coefficient (Wildman–Crippen LogP) is 1.63. The third-order valence-corrected chi connectivity index (χ3v) is 5.97. The predicted molar refractivity (Wildman–Crippen MR) is 111 cm³/mol. The van der Waals surface area contributed by atoms with E-state index in [0.717, 1.165) is 36.7 Å². The Labute approximate surface area is 171 Å². The summed E-state index contributed by atoms with van der Waals surface area (Å²) in [7, 11) is 1.66. The Bertz CT molecular complexity index is 882. The van der Waals surface area contributed by atoms with E-state index >= 15 is 0 Å². The summed E-state index contributed by atoms with van der Waals surface area (Å²) < 4.78 is 5.11. The highest BCUT2D eigenvalue weighted by atomic mass is 16.5. The number of carbonyl (C=O) groups excluding carboxylic acids is 2. The van der Waals surface area contributed by atoms with Gasteiger partial charge in [0.25, 0.3) is 5.91 Å². The molecule has 1 aromatic carbocycles. The number of likely N-dealkylation sites (tertiary alicyclic amines) is 1. The summed E-state index contributed by atoms with van der Waals surface area (Å²) >= 11 is 0. The molecule has 2 amide bonds. The van der Waals surface area contributed by atoms with Gasteiger partial charge in [0, 0.05) is 58.0 Å². The van der Waals surface area contributed by atoms with Crippen molar-refractivity contribution >= 4 is 22.6 Å². The molecule has 7 heteroatoms. The number of carbonyl (C=O) groups is 2. The molecule has 1 atom stereocenters. The van der Waals surface area contributed by atoms with E-state index in [1.54, 1.807) is 13.3 Å². The molecule has 29 heavy (non-hydrogen) atoms. The monoisotopic (exact) mass is 396 g/mol. The van der Waals surface area contributed by atoms with Crippen molar-refractivity contribution in [3.8, 4) is 0 Å². The summed E-state index contributed by atoms with van der Waals surface area (Å²) in [4.78, 5) is 36.3. The molecule has 2 aromatic rings. The zero-order valence-corrected chi connectivity index (χ0v) is 16.9. The number of rotatable bonds is 5. The van der Waals surface area contributed by atoms with Crippen molar-refractivity contribution < 1.29 is 14.3 Å². The molecule has 0 radical (unpaired) electrons. The van der Waals surface area contributed by atoms with Gasteiger partial charge in [-0.25, -0.2) is 0 Å². The normalized spacial score (nSPS) is 21.0. The van der Waals surface area contributed by atoms with E-state index in [4.69, 9.17) is 4.74 Å². The highest BCUT2D eigenvalue weighted by Gasteiger charge is 2.36. The maximum atomic E-state index is 13.2. The van der Waals surface area contributed by atoms with Crippen molar-refractivity contribution in [2.24, 2.45) is 0 Å². The number of hydrogen-bond donors (Lipinski definition) is 0. The highest BCUT2D eigenvalue weighted by Crippen LogP contribution is 2.21. The van der Waals surface area contributed by atoms with Crippen molar-refractivity contribution in [2.75, 3.05) is 53.0 Å². The largest absolute Gasteiger partial charge is 0.383 e. The fourth-order valence-corrected chi connectivity index (χ4v) is 4.38. The number of benzene rings is 1. The van der Waals surface area contributed by atoms with Gasteiger partial charge in [-0.1, -0.05) is 24.3 Å². The van der Waals surface area contributed by atoms with Crippen molar-refractivity contribution in [2.45, 2.75) is 18.9 Å². The van der Waals surface area contributed by atoms with Crippen LogP contribution in [0.25, 0.3) is 10.8 Å². The van der Waals surface area contributed by atoms with Crippen LogP contribution in [0, 0.1) is 0 Å². The number of aromatic nitrogens is 1. The standard InChI is InChI=1S/C22H28N4O3/c1-29-16-15-26-12-8-19(21(26)27)24-10-4-11-25(14-13-24)22(28)20-18-6-3-2-5-17(18)7-9-23-20/h2-3,5-7,9,19H,4,8,10-16H2,1H3/t19-/m0/s1. The van der Waals surface area contributed by atoms with E-state index in [2.05, 4.69) is 9.88 Å². The van der Waals surface area contributed by atoms with Crippen LogP contribution in [-0.4, -0.2) is 90.5 Å². The van der Waals surface area contributed by atoms with E-state index in [0.29, 0.717) is 38.5 Å². The first-order chi connectivity index (χ1) is 14.2. The second kappa shape index (κ2) is 8.88. The van der Waals surface area contributed by atoms with Gasteiger partial charge in [-0.3, -0.25) is 19.5 Å². The van der Waals surface area contributed by atoms with Crippen LogP contribution in [0.2, 0.25) is 0 Å². The van der Waals surface area contributed by atoms with Crippen molar-refractivity contribution in [3.63, 3.8) is 0 Å². The molecule has 154 valence electrons. The van der Waals surface area contributed by atoms with Crippen LogP contribution in [-0.2, 0) is 9.53 Å². The minimum absolute atomic E-state index is 0.0249. The van der Waals surface area contributed by atoms with Crippen LogP contribution in [0.3, 0.4) is 0 Å². The lowest BCUT2D eigenvalue weighted by molar-refractivity contribution is -0.132. The van der Waals surface area contributed by atoms with Crippen LogP contribution in [0.4, 0.5) is 0 Å². The van der Waals surface area contributed by atoms with E-state index in [1.807, 2.05) is 40.1 Å². The lowest BCUT2D eigenvalue weighted by Gasteiger charge is -2.26. The Kier molecular flexibility index (Phi) is 6.06. The summed E-state index contributed by atoms with van der Waals surface area (Å²) in [5.41, 5.74) is 0.513. The van der Waals surface area contributed by atoms with Gasteiger partial charge in [-0.2, -0.15) is 0 Å². The van der Waals surface area contributed by atoms with E-state index in [1.165, 1.54) is 0 Å². The Morgan fingerprint density at radius 2 is 2.00 bits per heavy atom. The van der Waals surface area contributed by atoms with Crippen LogP contribution >= 0.6 is 0 Å². The first-order valence-electron chi connectivity index (χ1n) is 10.3. The van der Waals surface area contributed by atoms with Gasteiger partial charge in [0.1, 0.15) is 5.69 Å².